The molecule has 0 aliphatic heterocycles. The molecule has 2 amide bonds. The number of nitrogens with zero attached hydrogens (tertiary/aromatic N) is 2. The minimum Gasteiger partial charge on any atom is -0.366 e. The number of carbonyl (C=O) groups excluding carboxylic acids is 2. The highest BCUT2D eigenvalue weighted by molar-refractivity contribution is 5.99. The first-order valence-corrected chi connectivity index (χ1v) is 6.79. The molecule has 116 valence electrons. The fourth-order valence-electron chi connectivity index (χ4n) is 2.22. The molecule has 2 rings (SSSR count). The number of nitrogens with two attached hydrogens (primary N) is 1. The van der Waals surface area contributed by atoms with Crippen LogP contribution in [0.2, 0.25) is 0 Å². The molecule has 0 fully saturated rings. The third kappa shape index (κ3) is 3.32. The highest BCUT2D eigenvalue weighted by Gasteiger charge is 2.20. The molecule has 7 heteroatoms. The Kier molecular flexibility index (Phi) is 4.57. The molecule has 4 N–H and O–H groups in total. The fourth-order valence-corrected chi connectivity index (χ4v) is 2.22. The third-order valence-electron chi connectivity index (χ3n) is 3.38. The standard InChI is InChI=1S/C15H19N5O2/c1-9-4-5-11(6-12(9)14(16)21)19-15(22)13(17-2)10-7-18-20(3)8-10/h4-8,13,17H,1-3H3,(H2,16,21)(H,19,22). The van der Waals surface area contributed by atoms with E-state index in [0.717, 1.165) is 11.1 Å². The Bertz CT molecular complexity index is 708. The number of primary amides is 1. The summed E-state index contributed by atoms with van der Waals surface area (Å²) in [6, 6.07) is 4.52. The van der Waals surface area contributed by atoms with Crippen LogP contribution in [0, 0.1) is 6.92 Å². The van der Waals surface area contributed by atoms with E-state index in [0.29, 0.717) is 11.3 Å². The molecule has 1 atom stereocenters. The van der Waals surface area contributed by atoms with E-state index in [9.17, 15) is 9.59 Å². The molecule has 0 saturated heterocycles. The first-order valence-electron chi connectivity index (χ1n) is 6.79. The number of anilines is 1. The van der Waals surface area contributed by atoms with Gasteiger partial charge in [0.05, 0.1) is 6.20 Å². The smallest absolute Gasteiger partial charge is 0.249 e. The summed E-state index contributed by atoms with van der Waals surface area (Å²) >= 11 is 0. The molecule has 0 radical (unpaired) electrons. The molecule has 22 heavy (non-hydrogen) atoms. The van der Waals surface area contributed by atoms with Gasteiger partial charge in [-0.15, -0.1) is 0 Å². The van der Waals surface area contributed by atoms with Gasteiger partial charge in [-0.25, -0.2) is 0 Å². The molecule has 1 unspecified atom stereocenters. The summed E-state index contributed by atoms with van der Waals surface area (Å²) in [5.41, 5.74) is 7.75. The van der Waals surface area contributed by atoms with E-state index in [2.05, 4.69) is 15.7 Å². The molecule has 0 bridgehead atoms. The van der Waals surface area contributed by atoms with Crippen LogP contribution in [0.4, 0.5) is 5.69 Å². The van der Waals surface area contributed by atoms with Crippen molar-refractivity contribution >= 4 is 17.5 Å². The number of likely N-dealkylation sites (N-methyl/N-ethyl adjacent to an activating group) is 1. The van der Waals surface area contributed by atoms with E-state index in [1.54, 1.807) is 56.3 Å². The lowest BCUT2D eigenvalue weighted by atomic mass is 10.1. The molecule has 0 spiro atoms. The van der Waals surface area contributed by atoms with Crippen LogP contribution in [0.25, 0.3) is 0 Å². The second-order valence-electron chi connectivity index (χ2n) is 5.05. The van der Waals surface area contributed by atoms with Crippen LogP contribution < -0.4 is 16.4 Å². The van der Waals surface area contributed by atoms with Gasteiger partial charge in [-0.05, 0) is 31.7 Å². The summed E-state index contributed by atoms with van der Waals surface area (Å²) in [4.78, 5) is 23.8. The average Bonchev–Trinajstić information content (AvgIpc) is 2.88. The average molecular weight is 301 g/mol. The van der Waals surface area contributed by atoms with Crippen LogP contribution >= 0.6 is 0 Å². The third-order valence-corrected chi connectivity index (χ3v) is 3.38. The zero-order chi connectivity index (χ0) is 16.3. The van der Waals surface area contributed by atoms with Gasteiger partial charge in [0.2, 0.25) is 11.8 Å². The molecule has 0 aliphatic carbocycles. The predicted octanol–water partition coefficient (Wildman–Crippen LogP) is 0.727. The van der Waals surface area contributed by atoms with Gasteiger partial charge in [-0.1, -0.05) is 6.07 Å². The first-order chi connectivity index (χ1) is 10.4. The number of rotatable bonds is 5. The Morgan fingerprint density at radius 3 is 2.64 bits per heavy atom. The Hall–Kier alpha value is -2.67. The van der Waals surface area contributed by atoms with Crippen LogP contribution in [0.15, 0.2) is 30.6 Å². The summed E-state index contributed by atoms with van der Waals surface area (Å²) in [6.45, 7) is 1.79. The molecule has 0 aliphatic rings. The quantitative estimate of drug-likeness (QED) is 0.757. The SMILES string of the molecule is CNC(C(=O)Nc1ccc(C)c(C(N)=O)c1)c1cnn(C)c1. The van der Waals surface area contributed by atoms with E-state index in [1.165, 1.54) is 0 Å². The number of amides is 2. The zero-order valence-electron chi connectivity index (χ0n) is 12.8. The van der Waals surface area contributed by atoms with Gasteiger partial charge in [-0.3, -0.25) is 14.3 Å². The van der Waals surface area contributed by atoms with Gasteiger partial charge in [0.1, 0.15) is 6.04 Å². The van der Waals surface area contributed by atoms with Crippen molar-refractivity contribution in [2.24, 2.45) is 12.8 Å². The van der Waals surface area contributed by atoms with Crippen molar-refractivity contribution in [3.05, 3.63) is 47.3 Å². The lowest BCUT2D eigenvalue weighted by molar-refractivity contribution is -0.118. The molecule has 2 aromatic rings. The molecule has 1 aromatic heterocycles. The van der Waals surface area contributed by atoms with E-state index < -0.39 is 11.9 Å². The van der Waals surface area contributed by atoms with E-state index in [4.69, 9.17) is 5.73 Å². The Morgan fingerprint density at radius 2 is 2.09 bits per heavy atom. The van der Waals surface area contributed by atoms with Crippen molar-refractivity contribution in [1.29, 1.82) is 0 Å². The Labute approximate surface area is 128 Å². The van der Waals surface area contributed by atoms with Crippen LogP contribution in [0.5, 0.6) is 0 Å². The second kappa shape index (κ2) is 6.40. The molecular weight excluding hydrogens is 282 g/mol. The highest BCUT2D eigenvalue weighted by Crippen LogP contribution is 2.18. The lowest BCUT2D eigenvalue weighted by Gasteiger charge is -2.15. The monoisotopic (exact) mass is 301 g/mol. The minimum atomic E-state index is -0.535. The van der Waals surface area contributed by atoms with Crippen LogP contribution in [-0.4, -0.2) is 28.6 Å². The van der Waals surface area contributed by atoms with Crippen molar-refractivity contribution in [3.8, 4) is 0 Å². The number of hydrogen-bond donors (Lipinski definition) is 3. The summed E-state index contributed by atoms with van der Waals surface area (Å²) in [6.07, 6.45) is 3.40. The van der Waals surface area contributed by atoms with Crippen molar-refractivity contribution < 1.29 is 9.59 Å². The number of benzene rings is 1. The summed E-state index contributed by atoms with van der Waals surface area (Å²) in [7, 11) is 3.48. The molecule has 1 heterocycles. The number of aryl methyl sites for hydroxylation is 2. The lowest BCUT2D eigenvalue weighted by Crippen LogP contribution is -2.30. The first kappa shape index (κ1) is 15.7. The molecule has 7 nitrogen and oxygen atoms in total. The summed E-state index contributed by atoms with van der Waals surface area (Å²) in [5.74, 6) is -0.763. The van der Waals surface area contributed by atoms with Gasteiger partial charge >= 0.3 is 0 Å². The van der Waals surface area contributed by atoms with Gasteiger partial charge < -0.3 is 16.4 Å². The maximum Gasteiger partial charge on any atom is 0.249 e. The topological polar surface area (TPSA) is 102 Å². The molecular formula is C15H19N5O2. The Balaban J connectivity index is 2.20. The van der Waals surface area contributed by atoms with Crippen LogP contribution in [0.1, 0.15) is 27.5 Å². The van der Waals surface area contributed by atoms with Crippen molar-refractivity contribution in [2.75, 3.05) is 12.4 Å². The van der Waals surface area contributed by atoms with Crippen LogP contribution in [0.3, 0.4) is 0 Å². The Morgan fingerprint density at radius 1 is 1.36 bits per heavy atom. The maximum absolute atomic E-state index is 12.4. The van der Waals surface area contributed by atoms with Crippen molar-refractivity contribution in [1.82, 2.24) is 15.1 Å². The number of carbonyl (C=O) groups is 2. The fraction of sp³-hybridized carbons (Fsp3) is 0.267. The van der Waals surface area contributed by atoms with E-state index >= 15 is 0 Å². The number of aromatic nitrogens is 2. The molecule has 0 saturated carbocycles. The zero-order valence-corrected chi connectivity index (χ0v) is 12.8. The van der Waals surface area contributed by atoms with Gasteiger partial charge in [0.25, 0.3) is 0 Å². The van der Waals surface area contributed by atoms with Crippen molar-refractivity contribution in [2.45, 2.75) is 13.0 Å². The largest absolute Gasteiger partial charge is 0.366 e. The van der Waals surface area contributed by atoms with E-state index in [1.807, 2.05) is 0 Å². The van der Waals surface area contributed by atoms with Crippen LogP contribution in [-0.2, 0) is 11.8 Å². The van der Waals surface area contributed by atoms with Gasteiger partial charge in [-0.2, -0.15) is 5.10 Å². The summed E-state index contributed by atoms with van der Waals surface area (Å²) < 4.78 is 1.63. The number of hydrogen-bond acceptors (Lipinski definition) is 4. The number of nitrogens with one attached hydrogen (secondary N) is 2. The second-order valence-corrected chi connectivity index (χ2v) is 5.05. The van der Waals surface area contributed by atoms with Crippen molar-refractivity contribution in [3.63, 3.8) is 0 Å². The predicted molar refractivity (Wildman–Crippen MR) is 83.3 cm³/mol. The van der Waals surface area contributed by atoms with Gasteiger partial charge in [0.15, 0.2) is 0 Å². The minimum absolute atomic E-state index is 0.241. The van der Waals surface area contributed by atoms with Gasteiger partial charge in [0, 0.05) is 30.1 Å². The van der Waals surface area contributed by atoms with E-state index in [-0.39, 0.29) is 5.91 Å². The summed E-state index contributed by atoms with van der Waals surface area (Å²) in [5, 5.41) is 9.78. The maximum atomic E-state index is 12.4. The highest BCUT2D eigenvalue weighted by atomic mass is 16.2. The normalized spacial score (nSPS) is 12.0. The molecule has 1 aromatic carbocycles.